The van der Waals surface area contributed by atoms with E-state index < -0.39 is 11.9 Å². The monoisotopic (exact) mass is 868 g/mol. The van der Waals surface area contributed by atoms with Gasteiger partial charge in [0.25, 0.3) is 0 Å². The molecule has 1 aromatic rings. The van der Waals surface area contributed by atoms with Crippen molar-refractivity contribution in [1.82, 2.24) is 4.90 Å². The Morgan fingerprint density at radius 1 is 0.435 bits per heavy atom. The number of rotatable bonds is 46. The highest BCUT2D eigenvalue weighted by molar-refractivity contribution is 5.66. The minimum atomic E-state index is -0.684. The number of carboxylic acid groups (broad SMARTS) is 2. The maximum Gasteiger partial charge on any atom is 0.303 e. The van der Waals surface area contributed by atoms with Gasteiger partial charge in [0.05, 0.1) is 13.2 Å². The van der Waals surface area contributed by atoms with E-state index in [0.29, 0.717) is 39.3 Å². The molecular weight excluding hydrogens is 779 g/mol. The van der Waals surface area contributed by atoms with E-state index in [9.17, 15) is 9.59 Å². The van der Waals surface area contributed by atoms with Crippen LogP contribution in [0.1, 0.15) is 185 Å². The van der Waals surface area contributed by atoms with Crippen molar-refractivity contribution in [2.75, 3.05) is 53.7 Å². The van der Waals surface area contributed by atoms with Gasteiger partial charge < -0.3 is 34.1 Å². The number of carbonyl (C=O) groups is 2. The highest BCUT2D eigenvalue weighted by atomic mass is 16.5. The second-order valence-corrected chi connectivity index (χ2v) is 16.8. The molecular formula is C53H89NO8. The molecule has 0 bridgehead atoms. The Morgan fingerprint density at radius 3 is 1.13 bits per heavy atom. The topological polar surface area (TPSA) is 115 Å². The lowest BCUT2D eigenvalue weighted by Gasteiger charge is -2.15. The van der Waals surface area contributed by atoms with Crippen molar-refractivity contribution in [3.63, 3.8) is 0 Å². The first-order valence-electron chi connectivity index (χ1n) is 24.6. The van der Waals surface area contributed by atoms with E-state index in [0.717, 1.165) is 127 Å². The zero-order valence-electron chi connectivity index (χ0n) is 39.4. The average Bonchev–Trinajstić information content (AvgIpc) is 3.23. The Hall–Kier alpha value is -3.40. The fourth-order valence-corrected chi connectivity index (χ4v) is 7.04. The summed E-state index contributed by atoms with van der Waals surface area (Å²) < 4.78 is 23.9. The maximum atomic E-state index is 10.5. The van der Waals surface area contributed by atoms with Gasteiger partial charge in [-0.15, -0.1) is 0 Å². The van der Waals surface area contributed by atoms with Gasteiger partial charge in [0.1, 0.15) is 24.7 Å². The van der Waals surface area contributed by atoms with E-state index in [1.54, 1.807) is 0 Å². The lowest BCUT2D eigenvalue weighted by Crippen LogP contribution is -2.12. The van der Waals surface area contributed by atoms with Gasteiger partial charge in [0.15, 0.2) is 0 Å². The van der Waals surface area contributed by atoms with Crippen LogP contribution in [0.4, 0.5) is 0 Å². The first-order valence-corrected chi connectivity index (χ1v) is 24.6. The number of aliphatic carboxylic acids is 2. The second kappa shape index (κ2) is 44.2. The van der Waals surface area contributed by atoms with Gasteiger partial charge in [-0.3, -0.25) is 9.59 Å². The summed E-state index contributed by atoms with van der Waals surface area (Å²) in [6, 6.07) is 6.14. The zero-order valence-corrected chi connectivity index (χ0v) is 39.4. The first-order chi connectivity index (χ1) is 30.4. The highest BCUT2D eigenvalue weighted by Crippen LogP contribution is 2.24. The Labute approximate surface area is 378 Å². The number of ether oxygens (including phenoxy) is 4. The molecule has 0 unspecified atom stereocenters. The van der Waals surface area contributed by atoms with Gasteiger partial charge in [0.2, 0.25) is 0 Å². The largest absolute Gasteiger partial charge is 0.491 e. The molecule has 0 saturated carbocycles. The maximum absolute atomic E-state index is 10.5. The van der Waals surface area contributed by atoms with Gasteiger partial charge in [-0.2, -0.15) is 0 Å². The van der Waals surface area contributed by atoms with Crippen molar-refractivity contribution in [2.45, 2.75) is 186 Å². The van der Waals surface area contributed by atoms with E-state index >= 15 is 0 Å². The lowest BCUT2D eigenvalue weighted by atomic mass is 10.1. The zero-order chi connectivity index (χ0) is 44.8. The molecule has 0 heterocycles. The van der Waals surface area contributed by atoms with Crippen LogP contribution in [-0.4, -0.2) is 80.8 Å². The number of unbranched alkanes of at least 4 members (excludes halogenated alkanes) is 20. The molecule has 0 atom stereocenters. The number of carboxylic acids is 2. The predicted molar refractivity (Wildman–Crippen MR) is 258 cm³/mol. The number of benzene rings is 1. The molecule has 9 nitrogen and oxygen atoms in total. The van der Waals surface area contributed by atoms with E-state index in [2.05, 4.69) is 79.7 Å². The predicted octanol–water partition coefficient (Wildman–Crippen LogP) is 13.9. The van der Waals surface area contributed by atoms with Crippen molar-refractivity contribution in [1.29, 1.82) is 0 Å². The van der Waals surface area contributed by atoms with E-state index in [4.69, 9.17) is 29.2 Å². The van der Waals surface area contributed by atoms with Gasteiger partial charge in [-0.25, -0.2) is 0 Å². The number of hydrogen-bond donors (Lipinski definition) is 2. The average molecular weight is 868 g/mol. The van der Waals surface area contributed by atoms with Crippen molar-refractivity contribution in [2.24, 2.45) is 0 Å². The summed E-state index contributed by atoms with van der Waals surface area (Å²) in [5, 5.41) is 17.3. The van der Waals surface area contributed by atoms with Crippen LogP contribution in [-0.2, 0) is 25.6 Å². The Balaban J connectivity index is 2.01. The van der Waals surface area contributed by atoms with E-state index in [1.807, 2.05) is 6.07 Å². The van der Waals surface area contributed by atoms with Gasteiger partial charge in [-0.1, -0.05) is 126 Å². The highest BCUT2D eigenvalue weighted by Gasteiger charge is 2.06. The first kappa shape index (κ1) is 56.6. The molecule has 2 N–H and O–H groups in total. The molecule has 0 aliphatic rings. The third-order valence-electron chi connectivity index (χ3n) is 10.5. The molecule has 0 radical (unpaired) electrons. The SMILES string of the molecule is CN(C)Cc1cc(OCCOCCCCCCCC=CCC=CCCCCCCCC(=O)O)cc(OCCOCCCCCCCC=CCC=CCCCCCCCC(=O)O)c1. The van der Waals surface area contributed by atoms with Crippen LogP contribution < -0.4 is 9.47 Å². The van der Waals surface area contributed by atoms with Crippen LogP contribution in [0.25, 0.3) is 0 Å². The molecule has 0 aliphatic heterocycles. The van der Waals surface area contributed by atoms with Crippen LogP contribution in [0.3, 0.4) is 0 Å². The number of allylic oxidation sites excluding steroid dienone is 8. The van der Waals surface area contributed by atoms with E-state index in [1.165, 1.54) is 77.0 Å². The smallest absolute Gasteiger partial charge is 0.303 e. The number of hydrogen-bond acceptors (Lipinski definition) is 7. The molecule has 354 valence electrons. The fraction of sp³-hybridized carbons (Fsp3) is 0.698. The minimum Gasteiger partial charge on any atom is -0.491 e. The van der Waals surface area contributed by atoms with Gasteiger partial charge in [0, 0.05) is 38.7 Å². The second-order valence-electron chi connectivity index (χ2n) is 16.8. The minimum absolute atomic E-state index is 0.302. The third-order valence-corrected chi connectivity index (χ3v) is 10.5. The standard InChI is InChI=1S/C53H89NO8/c1-54(2)48-49-45-50(61-43-41-59-39-35-31-27-23-19-15-11-7-3-5-9-13-17-21-25-29-33-37-52(55)56)47-51(46-49)62-44-42-60-40-36-32-28-24-20-16-12-8-4-6-10-14-18-22-26-30-34-38-53(57)58/h5-12,45-47H,3-4,13-44,48H2,1-2H3,(H,55,56)(H,57,58). The molecule has 0 spiro atoms. The summed E-state index contributed by atoms with van der Waals surface area (Å²) in [6.45, 7) is 4.55. The normalized spacial score (nSPS) is 12.0. The van der Waals surface area contributed by atoms with Crippen LogP contribution in [0.2, 0.25) is 0 Å². The lowest BCUT2D eigenvalue weighted by molar-refractivity contribution is -0.138. The molecule has 0 amide bonds. The molecule has 0 saturated heterocycles. The number of nitrogens with zero attached hydrogens (tertiary/aromatic N) is 1. The molecule has 1 aromatic carbocycles. The van der Waals surface area contributed by atoms with Crippen LogP contribution >= 0.6 is 0 Å². The molecule has 0 aromatic heterocycles. The Kier molecular flexibility index (Phi) is 40.4. The summed E-state index contributed by atoms with van der Waals surface area (Å²) in [4.78, 5) is 23.2. The van der Waals surface area contributed by atoms with Gasteiger partial charge in [-0.05, 0) is 122 Å². The summed E-state index contributed by atoms with van der Waals surface area (Å²) >= 11 is 0. The van der Waals surface area contributed by atoms with Crippen molar-refractivity contribution < 1.29 is 38.7 Å². The van der Waals surface area contributed by atoms with Crippen LogP contribution in [0, 0.1) is 0 Å². The van der Waals surface area contributed by atoms with Crippen molar-refractivity contribution in [3.8, 4) is 11.5 Å². The van der Waals surface area contributed by atoms with Gasteiger partial charge >= 0.3 is 11.9 Å². The van der Waals surface area contributed by atoms with Crippen LogP contribution in [0.15, 0.2) is 66.8 Å². The summed E-state index contributed by atoms with van der Waals surface area (Å²) in [7, 11) is 4.13. The fourth-order valence-electron chi connectivity index (χ4n) is 7.04. The third kappa shape index (κ3) is 41.9. The molecule has 1 rings (SSSR count). The van der Waals surface area contributed by atoms with Crippen molar-refractivity contribution in [3.05, 3.63) is 72.4 Å². The Bertz CT molecular complexity index is 1220. The molecule has 0 aliphatic carbocycles. The quantitative estimate of drug-likeness (QED) is 0.0488. The van der Waals surface area contributed by atoms with Crippen LogP contribution in [0.5, 0.6) is 11.5 Å². The molecule has 9 heteroatoms. The molecule has 0 fully saturated rings. The summed E-state index contributed by atoms with van der Waals surface area (Å²) in [5.41, 5.74) is 1.15. The Morgan fingerprint density at radius 2 is 0.774 bits per heavy atom. The summed E-state index contributed by atoms with van der Waals surface area (Å²) in [5.74, 6) is 0.254. The summed E-state index contributed by atoms with van der Waals surface area (Å²) in [6.07, 6.45) is 48.2. The van der Waals surface area contributed by atoms with E-state index in [-0.39, 0.29) is 0 Å². The molecule has 62 heavy (non-hydrogen) atoms. The van der Waals surface area contributed by atoms with Crippen molar-refractivity contribution >= 4 is 11.9 Å².